The zero-order valence-electron chi connectivity index (χ0n) is 39.8. The number of fused-ring (bicyclic) bond motifs is 4. The minimum Gasteiger partial charge on any atom is -0.311 e. The summed E-state index contributed by atoms with van der Waals surface area (Å²) in [7, 11) is -2.85. The molecule has 9 aromatic rings. The molecule has 0 aliphatic carbocycles. The lowest BCUT2D eigenvalue weighted by atomic mass is 9.33. The van der Waals surface area contributed by atoms with E-state index in [1.165, 1.54) is 99.1 Å². The van der Waals surface area contributed by atoms with E-state index < -0.39 is 8.07 Å². The molecule has 0 spiro atoms. The van der Waals surface area contributed by atoms with Crippen LogP contribution in [0.4, 0.5) is 34.1 Å². The number of nitrogens with zero attached hydrogens (tertiary/aromatic N) is 2. The summed E-state index contributed by atoms with van der Waals surface area (Å²) >= 11 is 0. The van der Waals surface area contributed by atoms with Gasteiger partial charge >= 0.3 is 0 Å². The van der Waals surface area contributed by atoms with Crippen LogP contribution in [0.1, 0.15) is 58.2 Å². The Bertz CT molecular complexity index is 3170. The predicted molar refractivity (Wildman–Crippen MR) is 292 cm³/mol. The van der Waals surface area contributed by atoms with Crippen LogP contribution in [0.15, 0.2) is 218 Å². The molecular formula is C63H57BN2Si. The molecule has 9 aromatic carbocycles. The maximum atomic E-state index is 2.60. The molecule has 0 fully saturated rings. The highest BCUT2D eigenvalue weighted by Gasteiger charge is 2.45. The highest BCUT2D eigenvalue weighted by Crippen LogP contribution is 2.47. The van der Waals surface area contributed by atoms with Crippen molar-refractivity contribution in [1.29, 1.82) is 0 Å². The van der Waals surface area contributed by atoms with Crippen LogP contribution in [0.5, 0.6) is 0 Å². The number of anilines is 6. The number of hydrogen-bond donors (Lipinski definition) is 0. The van der Waals surface area contributed by atoms with Crippen LogP contribution in [0.3, 0.4) is 0 Å². The van der Waals surface area contributed by atoms with Gasteiger partial charge in [0.15, 0.2) is 8.07 Å². The van der Waals surface area contributed by atoms with Crippen molar-refractivity contribution in [3.05, 3.63) is 235 Å². The topological polar surface area (TPSA) is 6.48 Å². The first kappa shape index (κ1) is 42.5. The molecule has 2 nitrogen and oxygen atoms in total. The minimum absolute atomic E-state index is 0.0189. The van der Waals surface area contributed by atoms with E-state index in [0.717, 1.165) is 0 Å². The second kappa shape index (κ2) is 16.3. The van der Waals surface area contributed by atoms with Gasteiger partial charge in [0.2, 0.25) is 0 Å². The lowest BCUT2D eigenvalue weighted by Gasteiger charge is -2.45. The van der Waals surface area contributed by atoms with Crippen molar-refractivity contribution >= 4 is 86.0 Å². The van der Waals surface area contributed by atoms with Crippen LogP contribution in [0.2, 0.25) is 0 Å². The first-order chi connectivity index (χ1) is 32.4. The van der Waals surface area contributed by atoms with Gasteiger partial charge < -0.3 is 9.80 Å². The molecule has 4 heteroatoms. The molecule has 11 rings (SSSR count). The Morgan fingerprint density at radius 2 is 0.851 bits per heavy atom. The Labute approximate surface area is 399 Å². The first-order valence-corrected chi connectivity index (χ1v) is 25.9. The number of rotatable bonds is 7. The van der Waals surface area contributed by atoms with E-state index in [1.807, 2.05) is 0 Å². The third kappa shape index (κ3) is 7.09. The van der Waals surface area contributed by atoms with Gasteiger partial charge in [0.25, 0.3) is 6.71 Å². The van der Waals surface area contributed by atoms with Gasteiger partial charge in [-0.25, -0.2) is 0 Å². The summed E-state index contributed by atoms with van der Waals surface area (Å²) < 4.78 is 0. The van der Waals surface area contributed by atoms with Crippen molar-refractivity contribution < 1.29 is 0 Å². The van der Waals surface area contributed by atoms with Crippen molar-refractivity contribution in [2.24, 2.45) is 0 Å². The van der Waals surface area contributed by atoms with Gasteiger partial charge in [-0.15, -0.1) is 0 Å². The molecule has 0 amide bonds. The number of hydrogen-bond acceptors (Lipinski definition) is 2. The van der Waals surface area contributed by atoms with Crippen LogP contribution in [-0.4, -0.2) is 14.8 Å². The molecule has 0 saturated heterocycles. The van der Waals surface area contributed by atoms with E-state index in [2.05, 4.69) is 277 Å². The SMILES string of the molecule is Cc1cc2c3c(c1)N(c1ccc([Si](c4ccccc4)(c4ccccc4)c4ccccc4)cc1-c1ccccc1)c1ccccc1B3c1cc(C(C)(C)C)ccc1N2c1ccc(C(C)(C)C)cc1. The Kier molecular flexibility index (Phi) is 10.4. The summed E-state index contributed by atoms with van der Waals surface area (Å²) in [5.41, 5.74) is 17.6. The van der Waals surface area contributed by atoms with Crippen molar-refractivity contribution in [1.82, 2.24) is 0 Å². The van der Waals surface area contributed by atoms with Gasteiger partial charge in [-0.3, -0.25) is 0 Å². The van der Waals surface area contributed by atoms with Crippen LogP contribution < -0.4 is 46.9 Å². The molecular weight excluding hydrogens is 824 g/mol. The summed E-state index contributed by atoms with van der Waals surface area (Å²) in [6.45, 7) is 16.2. The summed E-state index contributed by atoms with van der Waals surface area (Å²) in [4.78, 5) is 5.14. The minimum atomic E-state index is -2.85. The molecule has 0 radical (unpaired) electrons. The van der Waals surface area contributed by atoms with E-state index in [-0.39, 0.29) is 17.5 Å². The molecule has 2 aliphatic heterocycles. The van der Waals surface area contributed by atoms with E-state index in [9.17, 15) is 0 Å². The fourth-order valence-electron chi connectivity index (χ4n) is 11.1. The summed E-state index contributed by atoms with van der Waals surface area (Å²) in [5.74, 6) is 0. The number of para-hydroxylation sites is 1. The van der Waals surface area contributed by atoms with Crippen molar-refractivity contribution in [2.75, 3.05) is 9.80 Å². The molecule has 2 aliphatic rings. The van der Waals surface area contributed by atoms with Crippen molar-refractivity contribution in [3.63, 3.8) is 0 Å². The summed E-state index contributed by atoms with van der Waals surface area (Å²) in [6, 6.07) is 83.0. The average Bonchev–Trinajstić information content (AvgIpc) is 3.35. The fraction of sp³-hybridized carbons (Fsp3) is 0.143. The van der Waals surface area contributed by atoms with E-state index in [0.29, 0.717) is 0 Å². The monoisotopic (exact) mass is 880 g/mol. The molecule has 0 unspecified atom stereocenters. The van der Waals surface area contributed by atoms with Gasteiger partial charge in [0.05, 0.1) is 5.69 Å². The first-order valence-electron chi connectivity index (χ1n) is 23.9. The van der Waals surface area contributed by atoms with E-state index in [4.69, 9.17) is 0 Å². The molecule has 0 saturated carbocycles. The maximum absolute atomic E-state index is 2.85. The zero-order valence-corrected chi connectivity index (χ0v) is 40.8. The molecule has 326 valence electrons. The molecule has 0 N–H and O–H groups in total. The zero-order chi connectivity index (χ0) is 46.1. The van der Waals surface area contributed by atoms with Crippen molar-refractivity contribution in [2.45, 2.75) is 59.3 Å². The van der Waals surface area contributed by atoms with Crippen LogP contribution in [0.25, 0.3) is 11.1 Å². The molecule has 0 aromatic heterocycles. The highest BCUT2D eigenvalue weighted by molar-refractivity contribution is 7.20. The van der Waals surface area contributed by atoms with E-state index >= 15 is 0 Å². The average molecular weight is 881 g/mol. The Hall–Kier alpha value is -7.14. The van der Waals surface area contributed by atoms with Crippen LogP contribution >= 0.6 is 0 Å². The smallest absolute Gasteiger partial charge is 0.252 e. The summed E-state index contributed by atoms with van der Waals surface area (Å²) in [6.07, 6.45) is 0. The largest absolute Gasteiger partial charge is 0.311 e. The Morgan fingerprint density at radius 1 is 0.373 bits per heavy atom. The molecule has 2 heterocycles. The number of aryl methyl sites for hydroxylation is 1. The fourth-order valence-corrected chi connectivity index (χ4v) is 15.9. The second-order valence-electron chi connectivity index (χ2n) is 20.6. The van der Waals surface area contributed by atoms with Gasteiger partial charge in [0, 0.05) is 34.0 Å². The molecule has 0 atom stereocenters. The predicted octanol–water partition coefficient (Wildman–Crippen LogP) is 11.7. The van der Waals surface area contributed by atoms with Crippen LogP contribution in [-0.2, 0) is 10.8 Å². The van der Waals surface area contributed by atoms with Gasteiger partial charge in [0.1, 0.15) is 0 Å². The molecule has 67 heavy (non-hydrogen) atoms. The third-order valence-electron chi connectivity index (χ3n) is 14.4. The Morgan fingerprint density at radius 3 is 1.42 bits per heavy atom. The van der Waals surface area contributed by atoms with Crippen LogP contribution in [0, 0.1) is 6.92 Å². The highest BCUT2D eigenvalue weighted by atomic mass is 28.3. The Balaban J connectivity index is 1.21. The maximum Gasteiger partial charge on any atom is 0.252 e. The molecule has 0 bridgehead atoms. The quantitative estimate of drug-likeness (QED) is 0.116. The normalized spacial score (nSPS) is 13.2. The lowest BCUT2D eigenvalue weighted by Crippen LogP contribution is -2.74. The van der Waals surface area contributed by atoms with Gasteiger partial charge in [-0.1, -0.05) is 217 Å². The summed E-state index contributed by atoms with van der Waals surface area (Å²) in [5, 5.41) is 5.44. The lowest BCUT2D eigenvalue weighted by molar-refractivity contribution is 0.590. The van der Waals surface area contributed by atoms with Gasteiger partial charge in [-0.2, -0.15) is 0 Å². The second-order valence-corrected chi connectivity index (χ2v) is 24.5. The number of benzene rings is 9. The van der Waals surface area contributed by atoms with E-state index in [1.54, 1.807) is 0 Å². The van der Waals surface area contributed by atoms with Gasteiger partial charge in [-0.05, 0) is 120 Å². The third-order valence-corrected chi connectivity index (χ3v) is 19.1. The standard InChI is InChI=1S/C63H57BN2Si/c1-44-40-59-61-60(41-44)66(57-31-21-20-30-54(57)64(61)55-42-47(63(5,6)7)34-38-58(55)65(59)48-35-32-46(33-36-48)62(2,3)4)56-39-37-52(43-53(56)45-22-12-8-13-23-45)67(49-24-14-9-15-25-49,50-26-16-10-17-27-50)51-28-18-11-19-29-51/h8-43H,1-7H3. The van der Waals surface area contributed by atoms with Crippen molar-refractivity contribution in [3.8, 4) is 11.1 Å².